The maximum absolute atomic E-state index is 5.01. The van der Waals surface area contributed by atoms with Crippen LogP contribution < -0.4 is 5.32 Å². The molecule has 0 aliphatic carbocycles. The van der Waals surface area contributed by atoms with E-state index in [1.54, 1.807) is 18.8 Å². The van der Waals surface area contributed by atoms with Gasteiger partial charge in [-0.05, 0) is 16.3 Å². The van der Waals surface area contributed by atoms with Crippen LogP contribution in [0.1, 0.15) is 6.92 Å². The number of anilines is 1. The zero-order valence-electron chi connectivity index (χ0n) is 8.19. The summed E-state index contributed by atoms with van der Waals surface area (Å²) in [5.41, 5.74) is 0. The lowest BCUT2D eigenvalue weighted by Crippen LogP contribution is -2.17. The van der Waals surface area contributed by atoms with Crippen molar-refractivity contribution in [1.29, 1.82) is 0 Å². The molecule has 1 rings (SSSR count). The van der Waals surface area contributed by atoms with Gasteiger partial charge in [0, 0.05) is 20.7 Å². The maximum atomic E-state index is 5.01. The van der Waals surface area contributed by atoms with Gasteiger partial charge in [-0.1, -0.05) is 12.0 Å². The third kappa shape index (κ3) is 2.98. The van der Waals surface area contributed by atoms with E-state index in [9.17, 15) is 0 Å². The van der Waals surface area contributed by atoms with Crippen LogP contribution in [-0.2, 0) is 11.8 Å². The van der Waals surface area contributed by atoms with Crippen molar-refractivity contribution in [3.63, 3.8) is 0 Å². The van der Waals surface area contributed by atoms with E-state index in [0.29, 0.717) is 11.9 Å². The highest BCUT2D eigenvalue weighted by Gasteiger charge is 2.04. The van der Waals surface area contributed by atoms with Crippen molar-refractivity contribution in [1.82, 2.24) is 20.2 Å². The van der Waals surface area contributed by atoms with Crippen molar-refractivity contribution in [2.45, 2.75) is 6.92 Å². The molecule has 0 aliphatic heterocycles. The van der Waals surface area contributed by atoms with Gasteiger partial charge in [0.05, 0.1) is 6.61 Å². The summed E-state index contributed by atoms with van der Waals surface area (Å²) in [7, 11) is 3.49. The number of hydrogen-bond acceptors (Lipinski definition) is 5. The highest BCUT2D eigenvalue weighted by molar-refractivity contribution is 5.20. The predicted molar refractivity (Wildman–Crippen MR) is 48.3 cm³/mol. The van der Waals surface area contributed by atoms with Crippen LogP contribution in [0.2, 0.25) is 0 Å². The zero-order valence-corrected chi connectivity index (χ0v) is 8.19. The van der Waals surface area contributed by atoms with Crippen LogP contribution >= 0.6 is 0 Å². The van der Waals surface area contributed by atoms with Gasteiger partial charge >= 0.3 is 0 Å². The van der Waals surface area contributed by atoms with E-state index < -0.39 is 0 Å². The van der Waals surface area contributed by atoms with Gasteiger partial charge < -0.3 is 10.1 Å². The van der Waals surface area contributed by atoms with Crippen molar-refractivity contribution < 1.29 is 4.74 Å². The van der Waals surface area contributed by atoms with Crippen molar-refractivity contribution >= 4 is 5.95 Å². The van der Waals surface area contributed by atoms with Gasteiger partial charge in [0.2, 0.25) is 5.95 Å². The van der Waals surface area contributed by atoms with E-state index in [1.807, 2.05) is 0 Å². The molecule has 74 valence electrons. The van der Waals surface area contributed by atoms with Crippen LogP contribution in [0.4, 0.5) is 5.95 Å². The normalized spacial score (nSPS) is 12.8. The standard InChI is InChI=1S/C7H15N5O/c1-6(5-13-3)4-8-7-9-10-11-12(7)2/h6H,4-5H2,1-3H3,(H,8,9,11). The van der Waals surface area contributed by atoms with Gasteiger partial charge in [-0.2, -0.15) is 0 Å². The maximum Gasteiger partial charge on any atom is 0.242 e. The quantitative estimate of drug-likeness (QED) is 0.694. The smallest absolute Gasteiger partial charge is 0.242 e. The van der Waals surface area contributed by atoms with Gasteiger partial charge in [0.15, 0.2) is 0 Å². The Bertz CT molecular complexity index is 249. The van der Waals surface area contributed by atoms with Gasteiger partial charge in [0.1, 0.15) is 0 Å². The molecule has 0 amide bonds. The monoisotopic (exact) mass is 185 g/mol. The molecule has 1 aromatic heterocycles. The van der Waals surface area contributed by atoms with E-state index >= 15 is 0 Å². The summed E-state index contributed by atoms with van der Waals surface area (Å²) in [6.07, 6.45) is 0. The van der Waals surface area contributed by atoms with E-state index in [0.717, 1.165) is 13.2 Å². The largest absolute Gasteiger partial charge is 0.384 e. The number of aromatic nitrogens is 4. The average Bonchev–Trinajstić information content (AvgIpc) is 2.48. The van der Waals surface area contributed by atoms with Gasteiger partial charge in [-0.25, -0.2) is 4.68 Å². The third-order valence-electron chi connectivity index (χ3n) is 1.68. The predicted octanol–water partition coefficient (Wildman–Crippen LogP) is -0.0955. The van der Waals surface area contributed by atoms with Crippen LogP contribution in [0.15, 0.2) is 0 Å². The summed E-state index contributed by atoms with van der Waals surface area (Å²) in [5, 5.41) is 14.1. The number of tetrazole rings is 1. The molecule has 1 aromatic rings. The Morgan fingerprint density at radius 3 is 2.92 bits per heavy atom. The molecule has 0 fully saturated rings. The lowest BCUT2D eigenvalue weighted by Gasteiger charge is -2.10. The molecule has 0 aliphatic rings. The molecule has 0 saturated heterocycles. The molecular formula is C7H15N5O. The number of rotatable bonds is 5. The minimum Gasteiger partial charge on any atom is -0.384 e. The molecule has 0 radical (unpaired) electrons. The first kappa shape index (κ1) is 9.91. The van der Waals surface area contributed by atoms with Crippen LogP contribution in [0.3, 0.4) is 0 Å². The first-order valence-corrected chi connectivity index (χ1v) is 4.19. The number of methoxy groups -OCH3 is 1. The lowest BCUT2D eigenvalue weighted by atomic mass is 10.2. The molecule has 6 nitrogen and oxygen atoms in total. The van der Waals surface area contributed by atoms with E-state index in [2.05, 4.69) is 27.8 Å². The van der Waals surface area contributed by atoms with Gasteiger partial charge in [-0.3, -0.25) is 0 Å². The Morgan fingerprint density at radius 1 is 1.62 bits per heavy atom. The Balaban J connectivity index is 2.30. The Labute approximate surface area is 77.3 Å². The molecule has 6 heteroatoms. The Kier molecular flexibility index (Phi) is 3.63. The molecule has 1 atom stereocenters. The second-order valence-electron chi connectivity index (χ2n) is 3.07. The molecule has 0 bridgehead atoms. The number of hydrogen-bond donors (Lipinski definition) is 1. The summed E-state index contributed by atoms with van der Waals surface area (Å²) in [6, 6.07) is 0. The highest BCUT2D eigenvalue weighted by atomic mass is 16.5. The van der Waals surface area contributed by atoms with E-state index in [4.69, 9.17) is 4.74 Å². The molecule has 1 N–H and O–H groups in total. The summed E-state index contributed by atoms with van der Waals surface area (Å²) in [4.78, 5) is 0. The SMILES string of the molecule is COCC(C)CNc1nnnn1C. The second kappa shape index (κ2) is 4.76. The molecule has 0 aromatic carbocycles. The topological polar surface area (TPSA) is 64.9 Å². The van der Waals surface area contributed by atoms with Crippen molar-refractivity contribution in [3.05, 3.63) is 0 Å². The Morgan fingerprint density at radius 2 is 2.38 bits per heavy atom. The number of nitrogens with zero attached hydrogens (tertiary/aromatic N) is 4. The summed E-state index contributed by atoms with van der Waals surface area (Å²) < 4.78 is 6.60. The zero-order chi connectivity index (χ0) is 9.68. The first-order valence-electron chi connectivity index (χ1n) is 4.19. The third-order valence-corrected chi connectivity index (χ3v) is 1.68. The molecular weight excluding hydrogens is 170 g/mol. The van der Waals surface area contributed by atoms with Crippen LogP contribution in [0.25, 0.3) is 0 Å². The molecule has 13 heavy (non-hydrogen) atoms. The summed E-state index contributed by atoms with van der Waals surface area (Å²) >= 11 is 0. The second-order valence-corrected chi connectivity index (χ2v) is 3.07. The van der Waals surface area contributed by atoms with Crippen LogP contribution in [-0.4, -0.2) is 40.5 Å². The van der Waals surface area contributed by atoms with E-state index in [1.165, 1.54) is 0 Å². The Hall–Kier alpha value is -1.17. The minimum absolute atomic E-state index is 0.446. The number of aryl methyl sites for hydroxylation is 1. The highest BCUT2D eigenvalue weighted by Crippen LogP contribution is 1.99. The molecule has 1 heterocycles. The molecule has 0 saturated carbocycles. The molecule has 0 spiro atoms. The lowest BCUT2D eigenvalue weighted by molar-refractivity contribution is 0.164. The van der Waals surface area contributed by atoms with E-state index in [-0.39, 0.29) is 0 Å². The summed E-state index contributed by atoms with van der Waals surface area (Å²) in [6.45, 7) is 3.64. The minimum atomic E-state index is 0.446. The fourth-order valence-electron chi connectivity index (χ4n) is 0.988. The average molecular weight is 185 g/mol. The van der Waals surface area contributed by atoms with Gasteiger partial charge in [-0.15, -0.1) is 0 Å². The summed E-state index contributed by atoms with van der Waals surface area (Å²) in [5.74, 6) is 1.13. The van der Waals surface area contributed by atoms with Crippen molar-refractivity contribution in [2.75, 3.05) is 25.6 Å². The van der Waals surface area contributed by atoms with Gasteiger partial charge in [0.25, 0.3) is 0 Å². The van der Waals surface area contributed by atoms with Crippen LogP contribution in [0, 0.1) is 5.92 Å². The first-order chi connectivity index (χ1) is 6.24. The number of ether oxygens (including phenoxy) is 1. The molecule has 1 unspecified atom stereocenters. The number of nitrogens with one attached hydrogen (secondary N) is 1. The van der Waals surface area contributed by atoms with Crippen molar-refractivity contribution in [2.24, 2.45) is 13.0 Å². The fraction of sp³-hybridized carbons (Fsp3) is 0.857. The fourth-order valence-corrected chi connectivity index (χ4v) is 0.988. The van der Waals surface area contributed by atoms with Crippen LogP contribution in [0.5, 0.6) is 0 Å². The van der Waals surface area contributed by atoms with Crippen molar-refractivity contribution in [3.8, 4) is 0 Å².